The predicted octanol–water partition coefficient (Wildman–Crippen LogP) is -0.0437. The Morgan fingerprint density at radius 1 is 1.37 bits per heavy atom. The van der Waals surface area contributed by atoms with E-state index in [1.165, 1.54) is 0 Å². The van der Waals surface area contributed by atoms with Gasteiger partial charge in [-0.05, 0) is 12.8 Å². The Balaban J connectivity index is 2.34. The zero-order chi connectivity index (χ0) is 14.4. The highest BCUT2D eigenvalue weighted by Gasteiger charge is 2.20. The smallest absolute Gasteiger partial charge is 0.355 e. The Labute approximate surface area is 111 Å². The minimum Gasteiger partial charge on any atom is -0.451 e. The summed E-state index contributed by atoms with van der Waals surface area (Å²) in [6.45, 7) is 5.50. The molecule has 0 bridgehead atoms. The third-order valence-electron chi connectivity index (χ3n) is 2.86. The molecular weight excluding hydrogens is 250 g/mol. The Morgan fingerprint density at radius 2 is 2.05 bits per heavy atom. The van der Waals surface area contributed by atoms with Crippen molar-refractivity contribution < 1.29 is 19.1 Å². The van der Waals surface area contributed by atoms with Gasteiger partial charge >= 0.3 is 5.97 Å². The lowest BCUT2D eigenvalue weighted by atomic mass is 10.1. The van der Waals surface area contributed by atoms with Gasteiger partial charge < -0.3 is 10.1 Å². The van der Waals surface area contributed by atoms with E-state index in [1.54, 1.807) is 0 Å². The number of nitrogens with zero attached hydrogens (tertiary/aromatic N) is 1. The molecule has 0 aromatic carbocycles. The highest BCUT2D eigenvalue weighted by atomic mass is 16.5. The molecule has 2 amide bonds. The molecule has 0 aromatic rings. The summed E-state index contributed by atoms with van der Waals surface area (Å²) in [5, 5.41) is 6.31. The van der Waals surface area contributed by atoms with Crippen molar-refractivity contribution in [3.63, 3.8) is 0 Å². The summed E-state index contributed by atoms with van der Waals surface area (Å²) in [6, 6.07) is 0.0116. The van der Waals surface area contributed by atoms with E-state index in [9.17, 15) is 14.4 Å². The molecule has 1 aliphatic rings. The van der Waals surface area contributed by atoms with Crippen LogP contribution in [0.4, 0.5) is 0 Å². The second kappa shape index (κ2) is 6.86. The monoisotopic (exact) mass is 269 g/mol. The van der Waals surface area contributed by atoms with E-state index in [0.717, 1.165) is 0 Å². The summed E-state index contributed by atoms with van der Waals surface area (Å²) in [4.78, 5) is 33.9. The van der Waals surface area contributed by atoms with Crippen LogP contribution in [-0.2, 0) is 19.1 Å². The van der Waals surface area contributed by atoms with Gasteiger partial charge in [-0.1, -0.05) is 13.8 Å². The van der Waals surface area contributed by atoms with E-state index in [4.69, 9.17) is 4.74 Å². The van der Waals surface area contributed by atoms with Crippen molar-refractivity contribution in [2.24, 2.45) is 11.0 Å². The zero-order valence-electron chi connectivity index (χ0n) is 11.4. The lowest BCUT2D eigenvalue weighted by Gasteiger charge is -2.17. The van der Waals surface area contributed by atoms with E-state index < -0.39 is 5.97 Å². The van der Waals surface area contributed by atoms with Crippen molar-refractivity contribution in [1.82, 2.24) is 10.7 Å². The first kappa shape index (κ1) is 15.1. The molecule has 0 aliphatic carbocycles. The maximum absolute atomic E-state index is 11.5. The first-order valence-corrected chi connectivity index (χ1v) is 6.22. The van der Waals surface area contributed by atoms with E-state index in [1.807, 2.05) is 20.8 Å². The van der Waals surface area contributed by atoms with Crippen LogP contribution in [-0.4, -0.2) is 36.1 Å². The minimum absolute atomic E-state index is 0.0116. The Kier molecular flexibility index (Phi) is 5.47. The van der Waals surface area contributed by atoms with Crippen LogP contribution in [0.15, 0.2) is 5.10 Å². The lowest BCUT2D eigenvalue weighted by molar-refractivity contribution is -0.142. The van der Waals surface area contributed by atoms with Crippen LogP contribution >= 0.6 is 0 Å². The maximum atomic E-state index is 11.5. The van der Waals surface area contributed by atoms with Crippen molar-refractivity contribution in [1.29, 1.82) is 0 Å². The molecular formula is C12H19N3O4. The van der Waals surface area contributed by atoms with E-state index >= 15 is 0 Å². The largest absolute Gasteiger partial charge is 0.451 e. The number of hydrogen-bond donors (Lipinski definition) is 2. The molecule has 1 atom stereocenters. The van der Waals surface area contributed by atoms with Gasteiger partial charge in [-0.25, -0.2) is 10.2 Å². The predicted molar refractivity (Wildman–Crippen MR) is 68.2 cm³/mol. The van der Waals surface area contributed by atoms with Gasteiger partial charge in [0.15, 0.2) is 6.61 Å². The molecule has 0 spiro atoms. The molecule has 1 unspecified atom stereocenters. The summed E-state index contributed by atoms with van der Waals surface area (Å²) >= 11 is 0. The second-order valence-corrected chi connectivity index (χ2v) is 4.77. The highest BCUT2D eigenvalue weighted by Crippen LogP contribution is 2.02. The molecule has 0 saturated carbocycles. The minimum atomic E-state index is -0.674. The number of hydrogen-bond acceptors (Lipinski definition) is 5. The fourth-order valence-corrected chi connectivity index (χ4v) is 1.30. The van der Waals surface area contributed by atoms with Crippen molar-refractivity contribution >= 4 is 23.5 Å². The normalized spacial score (nSPS) is 16.4. The van der Waals surface area contributed by atoms with Gasteiger partial charge in [0, 0.05) is 18.9 Å². The molecule has 106 valence electrons. The molecule has 0 saturated heterocycles. The number of hydrazone groups is 1. The van der Waals surface area contributed by atoms with E-state index in [0.29, 0.717) is 5.92 Å². The molecule has 1 heterocycles. The SMILES string of the molecule is CC(C)C(C)NC(=O)COC(=O)C1=NNC(=O)CC1. The topological polar surface area (TPSA) is 96.9 Å². The van der Waals surface area contributed by atoms with Crippen molar-refractivity contribution in [2.75, 3.05) is 6.61 Å². The van der Waals surface area contributed by atoms with Crippen molar-refractivity contribution in [3.05, 3.63) is 0 Å². The zero-order valence-corrected chi connectivity index (χ0v) is 11.4. The molecule has 0 fully saturated rings. The van der Waals surface area contributed by atoms with E-state index in [-0.39, 0.29) is 43.0 Å². The number of rotatable bonds is 5. The van der Waals surface area contributed by atoms with Gasteiger partial charge in [0.2, 0.25) is 5.91 Å². The van der Waals surface area contributed by atoms with Crippen LogP contribution in [0.1, 0.15) is 33.6 Å². The van der Waals surface area contributed by atoms with Crippen LogP contribution in [0.5, 0.6) is 0 Å². The molecule has 2 N–H and O–H groups in total. The molecule has 0 radical (unpaired) electrons. The van der Waals surface area contributed by atoms with Crippen molar-refractivity contribution in [2.45, 2.75) is 39.7 Å². The van der Waals surface area contributed by atoms with Crippen LogP contribution in [0.3, 0.4) is 0 Å². The van der Waals surface area contributed by atoms with Gasteiger partial charge in [0.1, 0.15) is 5.71 Å². The Bertz CT molecular complexity index is 404. The van der Waals surface area contributed by atoms with Crippen molar-refractivity contribution in [3.8, 4) is 0 Å². The number of nitrogens with one attached hydrogen (secondary N) is 2. The molecule has 1 rings (SSSR count). The van der Waals surface area contributed by atoms with Crippen LogP contribution in [0, 0.1) is 5.92 Å². The lowest BCUT2D eigenvalue weighted by Crippen LogP contribution is -2.39. The fraction of sp³-hybridized carbons (Fsp3) is 0.667. The maximum Gasteiger partial charge on any atom is 0.355 e. The Morgan fingerprint density at radius 3 is 2.58 bits per heavy atom. The molecule has 0 aromatic heterocycles. The Hall–Kier alpha value is -1.92. The molecule has 7 heteroatoms. The van der Waals surface area contributed by atoms with Crippen LogP contribution < -0.4 is 10.7 Å². The van der Waals surface area contributed by atoms with Crippen LogP contribution in [0.25, 0.3) is 0 Å². The quantitative estimate of drug-likeness (QED) is 0.684. The average Bonchev–Trinajstić information content (AvgIpc) is 2.36. The highest BCUT2D eigenvalue weighted by molar-refractivity contribution is 6.37. The summed E-state index contributed by atoms with van der Waals surface area (Å²) in [7, 11) is 0. The number of esters is 1. The number of carbonyl (C=O) groups is 3. The van der Waals surface area contributed by atoms with Gasteiger partial charge in [0.25, 0.3) is 5.91 Å². The van der Waals surface area contributed by atoms with Gasteiger partial charge in [-0.2, -0.15) is 5.10 Å². The van der Waals surface area contributed by atoms with Gasteiger partial charge in [-0.3, -0.25) is 9.59 Å². The average molecular weight is 269 g/mol. The van der Waals surface area contributed by atoms with Gasteiger partial charge in [0.05, 0.1) is 0 Å². The summed E-state index contributed by atoms with van der Waals surface area (Å²) in [6.07, 6.45) is 0.430. The fourth-order valence-electron chi connectivity index (χ4n) is 1.30. The summed E-state index contributed by atoms with van der Waals surface area (Å²) in [5.41, 5.74) is 2.32. The first-order valence-electron chi connectivity index (χ1n) is 6.22. The number of carbonyl (C=O) groups excluding carboxylic acids is 3. The molecule has 7 nitrogen and oxygen atoms in total. The molecule has 1 aliphatic heterocycles. The van der Waals surface area contributed by atoms with E-state index in [2.05, 4.69) is 15.8 Å². The second-order valence-electron chi connectivity index (χ2n) is 4.77. The number of amides is 2. The molecule has 19 heavy (non-hydrogen) atoms. The summed E-state index contributed by atoms with van der Waals surface area (Å²) < 4.78 is 4.83. The van der Waals surface area contributed by atoms with Crippen LogP contribution in [0.2, 0.25) is 0 Å². The standard InChI is InChI=1S/C12H19N3O4/c1-7(2)8(3)13-11(17)6-19-12(18)9-4-5-10(16)15-14-9/h7-8H,4-6H2,1-3H3,(H,13,17)(H,15,16). The van der Waals surface area contributed by atoms with Gasteiger partial charge in [-0.15, -0.1) is 0 Å². The third-order valence-corrected chi connectivity index (χ3v) is 2.86. The summed E-state index contributed by atoms with van der Waals surface area (Å²) in [5.74, 6) is -0.958. The number of ether oxygens (including phenoxy) is 1. The third kappa shape index (κ3) is 5.07. The first-order chi connectivity index (χ1) is 8.90.